The van der Waals surface area contributed by atoms with Crippen molar-refractivity contribution in [3.63, 3.8) is 0 Å². The van der Waals surface area contributed by atoms with Gasteiger partial charge in [0, 0.05) is 12.3 Å². The molecular formula is C21H18N2O5. The van der Waals surface area contributed by atoms with Gasteiger partial charge < -0.3 is 19.9 Å². The van der Waals surface area contributed by atoms with Crippen molar-refractivity contribution in [3.05, 3.63) is 83.7 Å². The lowest BCUT2D eigenvalue weighted by Gasteiger charge is -2.14. The monoisotopic (exact) mass is 378 g/mol. The van der Waals surface area contributed by atoms with Gasteiger partial charge in [-0.15, -0.1) is 0 Å². The number of hydrogen-bond acceptors (Lipinski definition) is 5. The van der Waals surface area contributed by atoms with E-state index in [1.165, 1.54) is 25.4 Å². The minimum absolute atomic E-state index is 0.180. The van der Waals surface area contributed by atoms with Crippen LogP contribution in [0.15, 0.2) is 66.9 Å². The van der Waals surface area contributed by atoms with Crippen LogP contribution in [0.25, 0.3) is 0 Å². The van der Waals surface area contributed by atoms with E-state index in [1.54, 1.807) is 18.2 Å². The molecule has 0 aliphatic carbocycles. The highest BCUT2D eigenvalue weighted by molar-refractivity contribution is 6.09. The zero-order valence-corrected chi connectivity index (χ0v) is 15.1. The fourth-order valence-corrected chi connectivity index (χ4v) is 2.53. The van der Waals surface area contributed by atoms with Crippen LogP contribution in [-0.4, -0.2) is 29.1 Å². The lowest BCUT2D eigenvalue weighted by Crippen LogP contribution is -2.18. The van der Waals surface area contributed by atoms with Crippen molar-refractivity contribution < 1.29 is 24.2 Å². The first-order chi connectivity index (χ1) is 13.6. The second-order valence-corrected chi connectivity index (χ2v) is 5.80. The zero-order chi connectivity index (χ0) is 19.9. The fraction of sp³-hybridized carbons (Fsp3) is 0.0952. The summed E-state index contributed by atoms with van der Waals surface area (Å²) in [4.78, 5) is 27.8. The van der Waals surface area contributed by atoms with Crippen LogP contribution in [0.4, 0.5) is 5.69 Å². The standard InChI is InChI=1S/C21H18N2O5/c1-27-15-9-10-17(18(12-15)28-13-14-6-3-2-4-7-14)23-20(24)19-16(21(25)26)8-5-11-22-19/h2-12H,13H2,1H3,(H,23,24)(H,25,26). The van der Waals surface area contributed by atoms with E-state index in [-0.39, 0.29) is 11.3 Å². The number of nitrogens with one attached hydrogen (secondary N) is 1. The molecule has 3 rings (SSSR count). The molecule has 1 amide bonds. The maximum absolute atomic E-state index is 12.6. The number of aromatic nitrogens is 1. The summed E-state index contributed by atoms with van der Waals surface area (Å²) < 4.78 is 11.1. The summed E-state index contributed by atoms with van der Waals surface area (Å²) in [7, 11) is 1.53. The molecule has 0 bridgehead atoms. The van der Waals surface area contributed by atoms with Crippen LogP contribution in [0.2, 0.25) is 0 Å². The number of carboxylic acids is 1. The van der Waals surface area contributed by atoms with Gasteiger partial charge in [0.25, 0.3) is 5.91 Å². The molecule has 0 spiro atoms. The number of hydrogen-bond donors (Lipinski definition) is 2. The van der Waals surface area contributed by atoms with Gasteiger partial charge in [0.05, 0.1) is 18.4 Å². The predicted molar refractivity (Wildman–Crippen MR) is 103 cm³/mol. The fourth-order valence-electron chi connectivity index (χ4n) is 2.53. The number of methoxy groups -OCH3 is 1. The molecule has 0 fully saturated rings. The van der Waals surface area contributed by atoms with Crippen molar-refractivity contribution in [1.29, 1.82) is 0 Å². The van der Waals surface area contributed by atoms with Crippen molar-refractivity contribution in [2.24, 2.45) is 0 Å². The van der Waals surface area contributed by atoms with E-state index in [4.69, 9.17) is 9.47 Å². The van der Waals surface area contributed by atoms with Crippen LogP contribution in [0.3, 0.4) is 0 Å². The molecule has 0 saturated heterocycles. The second kappa shape index (κ2) is 8.68. The maximum Gasteiger partial charge on any atom is 0.338 e. The Hall–Kier alpha value is -3.87. The number of amides is 1. The van der Waals surface area contributed by atoms with Crippen molar-refractivity contribution in [2.75, 3.05) is 12.4 Å². The summed E-state index contributed by atoms with van der Waals surface area (Å²) in [5, 5.41) is 11.9. The third-order valence-electron chi connectivity index (χ3n) is 3.93. The smallest absolute Gasteiger partial charge is 0.338 e. The Kier molecular flexibility index (Phi) is 5.86. The zero-order valence-electron chi connectivity index (χ0n) is 15.1. The number of aromatic carboxylic acids is 1. The molecule has 0 aliphatic heterocycles. The van der Waals surface area contributed by atoms with Gasteiger partial charge in [-0.25, -0.2) is 4.79 Å². The number of nitrogens with zero attached hydrogens (tertiary/aromatic N) is 1. The van der Waals surface area contributed by atoms with Gasteiger partial charge in [-0.05, 0) is 29.8 Å². The summed E-state index contributed by atoms with van der Waals surface area (Å²) >= 11 is 0. The minimum atomic E-state index is -1.23. The third-order valence-corrected chi connectivity index (χ3v) is 3.93. The highest BCUT2D eigenvalue weighted by Gasteiger charge is 2.19. The average Bonchev–Trinajstić information content (AvgIpc) is 2.73. The first-order valence-corrected chi connectivity index (χ1v) is 8.43. The normalized spacial score (nSPS) is 10.2. The quantitative estimate of drug-likeness (QED) is 0.652. The van der Waals surface area contributed by atoms with Crippen LogP contribution >= 0.6 is 0 Å². The molecule has 142 valence electrons. The molecule has 7 nitrogen and oxygen atoms in total. The Labute approximate surface area is 161 Å². The molecule has 0 unspecified atom stereocenters. The van der Waals surface area contributed by atoms with Gasteiger partial charge >= 0.3 is 5.97 Å². The Balaban J connectivity index is 1.85. The molecule has 3 aromatic rings. The molecule has 1 heterocycles. The molecule has 0 radical (unpaired) electrons. The predicted octanol–water partition coefficient (Wildman–Crippen LogP) is 3.62. The SMILES string of the molecule is COc1ccc(NC(=O)c2ncccc2C(=O)O)c(OCc2ccccc2)c1. The van der Waals surface area contributed by atoms with E-state index in [9.17, 15) is 14.7 Å². The highest BCUT2D eigenvalue weighted by atomic mass is 16.5. The van der Waals surface area contributed by atoms with Gasteiger partial charge in [-0.3, -0.25) is 9.78 Å². The first kappa shape index (κ1) is 18.9. The van der Waals surface area contributed by atoms with E-state index < -0.39 is 11.9 Å². The largest absolute Gasteiger partial charge is 0.497 e. The van der Waals surface area contributed by atoms with Gasteiger partial charge in [0.15, 0.2) is 0 Å². The number of carbonyl (C=O) groups excluding carboxylic acids is 1. The maximum atomic E-state index is 12.6. The number of pyridine rings is 1. The number of carbonyl (C=O) groups is 2. The van der Waals surface area contributed by atoms with Crippen molar-refractivity contribution in [1.82, 2.24) is 4.98 Å². The van der Waals surface area contributed by atoms with E-state index >= 15 is 0 Å². The number of anilines is 1. The number of rotatable bonds is 7. The van der Waals surface area contributed by atoms with Gasteiger partial charge in [0.1, 0.15) is 23.8 Å². The molecule has 2 N–H and O–H groups in total. The molecule has 1 aromatic heterocycles. The van der Waals surface area contributed by atoms with Crippen molar-refractivity contribution in [3.8, 4) is 11.5 Å². The van der Waals surface area contributed by atoms with E-state index in [1.807, 2.05) is 30.3 Å². The summed E-state index contributed by atoms with van der Waals surface area (Å²) in [6, 6.07) is 17.3. The lowest BCUT2D eigenvalue weighted by atomic mass is 10.1. The molecular weight excluding hydrogens is 360 g/mol. The Morgan fingerprint density at radius 2 is 1.86 bits per heavy atom. The van der Waals surface area contributed by atoms with Crippen LogP contribution in [-0.2, 0) is 6.61 Å². The Morgan fingerprint density at radius 1 is 1.07 bits per heavy atom. The van der Waals surface area contributed by atoms with Crippen LogP contribution in [0.5, 0.6) is 11.5 Å². The highest BCUT2D eigenvalue weighted by Crippen LogP contribution is 2.30. The van der Waals surface area contributed by atoms with Crippen molar-refractivity contribution in [2.45, 2.75) is 6.61 Å². The molecule has 0 aliphatic rings. The molecule has 0 saturated carbocycles. The topological polar surface area (TPSA) is 97.8 Å². The average molecular weight is 378 g/mol. The molecule has 28 heavy (non-hydrogen) atoms. The van der Waals surface area contributed by atoms with Gasteiger partial charge in [-0.1, -0.05) is 30.3 Å². The van der Waals surface area contributed by atoms with Crippen LogP contribution in [0, 0.1) is 0 Å². The van der Waals surface area contributed by atoms with Crippen molar-refractivity contribution >= 4 is 17.6 Å². The van der Waals surface area contributed by atoms with E-state index in [0.29, 0.717) is 23.8 Å². The number of benzene rings is 2. The second-order valence-electron chi connectivity index (χ2n) is 5.80. The Bertz CT molecular complexity index is 989. The Morgan fingerprint density at radius 3 is 2.57 bits per heavy atom. The number of ether oxygens (including phenoxy) is 2. The number of carboxylic acid groups (broad SMARTS) is 1. The van der Waals surface area contributed by atoms with Crippen LogP contribution in [0.1, 0.15) is 26.4 Å². The summed E-state index contributed by atoms with van der Waals surface area (Å²) in [5.74, 6) is -0.921. The summed E-state index contributed by atoms with van der Waals surface area (Å²) in [6.45, 7) is 0.293. The van der Waals surface area contributed by atoms with Gasteiger partial charge in [0.2, 0.25) is 0 Å². The van der Waals surface area contributed by atoms with E-state index in [2.05, 4.69) is 10.3 Å². The summed E-state index contributed by atoms with van der Waals surface area (Å²) in [6.07, 6.45) is 1.36. The van der Waals surface area contributed by atoms with E-state index in [0.717, 1.165) is 5.56 Å². The van der Waals surface area contributed by atoms with Gasteiger partial charge in [-0.2, -0.15) is 0 Å². The minimum Gasteiger partial charge on any atom is -0.497 e. The lowest BCUT2D eigenvalue weighted by molar-refractivity contribution is 0.0691. The van der Waals surface area contributed by atoms with Crippen LogP contribution < -0.4 is 14.8 Å². The first-order valence-electron chi connectivity index (χ1n) is 8.43. The molecule has 7 heteroatoms. The molecule has 0 atom stereocenters. The molecule has 2 aromatic carbocycles. The third kappa shape index (κ3) is 4.45. The summed E-state index contributed by atoms with van der Waals surface area (Å²) in [5.41, 5.74) is 0.976.